The van der Waals surface area contributed by atoms with E-state index in [1.165, 1.54) is 0 Å². The maximum atomic E-state index is 11.9. The summed E-state index contributed by atoms with van der Waals surface area (Å²) in [5.74, 6) is 2.13. The molecule has 17 heavy (non-hydrogen) atoms. The lowest BCUT2D eigenvalue weighted by atomic mass is 10.1. The third kappa shape index (κ3) is 3.67. The molecule has 0 aromatic carbocycles. The lowest BCUT2D eigenvalue weighted by Crippen LogP contribution is -2.32. The van der Waals surface area contributed by atoms with E-state index < -0.39 is 0 Å². The minimum atomic E-state index is 0.163. The predicted octanol–water partition coefficient (Wildman–Crippen LogP) is 1.12. The van der Waals surface area contributed by atoms with E-state index in [2.05, 4.69) is 27.9 Å². The summed E-state index contributed by atoms with van der Waals surface area (Å²) in [6.07, 6.45) is 5.25. The number of H-pyrrole nitrogens is 1. The number of thiol groups is 1. The fourth-order valence-corrected chi connectivity index (χ4v) is 3.63. The van der Waals surface area contributed by atoms with E-state index in [0.29, 0.717) is 11.8 Å². The minimum Gasteiger partial charge on any atom is -0.355 e. The first-order valence-electron chi connectivity index (χ1n) is 5.77. The van der Waals surface area contributed by atoms with Gasteiger partial charge < -0.3 is 10.3 Å². The molecule has 0 radical (unpaired) electrons. The summed E-state index contributed by atoms with van der Waals surface area (Å²) in [7, 11) is 0. The Bertz CT molecular complexity index is 356. The third-order valence-corrected chi connectivity index (χ3v) is 5.00. The molecule has 2 rings (SSSR count). The van der Waals surface area contributed by atoms with Gasteiger partial charge in [-0.05, 0) is 6.42 Å². The average Bonchev–Trinajstić information content (AvgIpc) is 2.99. The van der Waals surface area contributed by atoms with Gasteiger partial charge >= 0.3 is 0 Å². The number of hydrogen-bond donors (Lipinski definition) is 3. The molecule has 2 N–H and O–H groups in total. The molecule has 6 heteroatoms. The van der Waals surface area contributed by atoms with E-state index in [1.54, 1.807) is 6.33 Å². The van der Waals surface area contributed by atoms with Crippen LogP contribution in [-0.2, 0) is 11.2 Å². The van der Waals surface area contributed by atoms with Gasteiger partial charge in [-0.25, -0.2) is 4.98 Å². The van der Waals surface area contributed by atoms with E-state index in [9.17, 15) is 4.79 Å². The van der Waals surface area contributed by atoms with Gasteiger partial charge in [0.1, 0.15) is 0 Å². The molecule has 2 heterocycles. The van der Waals surface area contributed by atoms with Gasteiger partial charge in [-0.2, -0.15) is 24.4 Å². The number of rotatable bonds is 5. The summed E-state index contributed by atoms with van der Waals surface area (Å²) < 4.78 is 0. The van der Waals surface area contributed by atoms with Crippen LogP contribution in [0.1, 0.15) is 12.1 Å². The molecule has 1 aliphatic heterocycles. The van der Waals surface area contributed by atoms with Crippen molar-refractivity contribution < 1.29 is 4.79 Å². The number of carbonyl (C=O) groups is 1. The molecule has 0 bridgehead atoms. The number of carbonyl (C=O) groups excluding carboxylic acids is 1. The number of aromatic nitrogens is 2. The second-order valence-corrected chi connectivity index (χ2v) is 5.87. The molecule has 4 nitrogen and oxygen atoms in total. The Morgan fingerprint density at radius 1 is 1.71 bits per heavy atom. The van der Waals surface area contributed by atoms with Crippen molar-refractivity contribution in [2.75, 3.05) is 18.1 Å². The maximum Gasteiger partial charge on any atom is 0.223 e. The van der Waals surface area contributed by atoms with Crippen LogP contribution >= 0.6 is 24.4 Å². The smallest absolute Gasteiger partial charge is 0.223 e. The highest BCUT2D eigenvalue weighted by molar-refractivity contribution is 8.00. The fourth-order valence-electron chi connectivity index (χ4n) is 1.90. The third-order valence-electron chi connectivity index (χ3n) is 2.89. The van der Waals surface area contributed by atoms with Crippen LogP contribution in [0, 0.1) is 5.92 Å². The number of nitrogens with zero attached hydrogens (tertiary/aromatic N) is 1. The van der Waals surface area contributed by atoms with Crippen molar-refractivity contribution in [3.05, 3.63) is 18.2 Å². The number of thioether (sulfide) groups is 1. The first-order valence-corrected chi connectivity index (χ1v) is 7.45. The number of hydrogen-bond acceptors (Lipinski definition) is 4. The van der Waals surface area contributed by atoms with Crippen LogP contribution in [0.25, 0.3) is 0 Å². The van der Waals surface area contributed by atoms with E-state index in [4.69, 9.17) is 0 Å². The molecule has 1 saturated heterocycles. The molecule has 2 atom stereocenters. The van der Waals surface area contributed by atoms with Crippen LogP contribution in [-0.4, -0.2) is 39.2 Å². The first-order chi connectivity index (χ1) is 8.29. The average molecular weight is 271 g/mol. The zero-order chi connectivity index (χ0) is 12.1. The van der Waals surface area contributed by atoms with Crippen molar-refractivity contribution in [3.63, 3.8) is 0 Å². The number of nitrogens with one attached hydrogen (secondary N) is 2. The summed E-state index contributed by atoms with van der Waals surface area (Å²) in [5.41, 5.74) is 0.985. The zero-order valence-corrected chi connectivity index (χ0v) is 11.3. The number of imidazole rings is 1. The standard InChI is InChI=1S/C11H17N3OS2/c15-11(8-3-10(5-16)17-6-8)13-2-1-9-4-12-7-14-9/h4,7-8,10,16H,1-3,5-6H2,(H,12,14)(H,13,15)/t8-,10+/m0/s1. The van der Waals surface area contributed by atoms with Gasteiger partial charge in [-0.3, -0.25) is 4.79 Å². The van der Waals surface area contributed by atoms with Gasteiger partial charge in [0.25, 0.3) is 0 Å². The van der Waals surface area contributed by atoms with Crippen molar-refractivity contribution in [1.82, 2.24) is 15.3 Å². The molecule has 1 amide bonds. The van der Waals surface area contributed by atoms with Crippen LogP contribution in [0.4, 0.5) is 0 Å². The quantitative estimate of drug-likeness (QED) is 0.703. The Morgan fingerprint density at radius 3 is 3.24 bits per heavy atom. The molecular formula is C11H17N3OS2. The highest BCUT2D eigenvalue weighted by Gasteiger charge is 2.29. The van der Waals surface area contributed by atoms with Crippen molar-refractivity contribution in [3.8, 4) is 0 Å². The Hall–Kier alpha value is -0.620. The van der Waals surface area contributed by atoms with Crippen LogP contribution in [0.2, 0.25) is 0 Å². The lowest BCUT2D eigenvalue weighted by Gasteiger charge is -2.09. The summed E-state index contributed by atoms with van der Waals surface area (Å²) >= 11 is 6.13. The lowest BCUT2D eigenvalue weighted by molar-refractivity contribution is -0.124. The number of amides is 1. The van der Waals surface area contributed by atoms with Gasteiger partial charge in [0.2, 0.25) is 5.91 Å². The van der Waals surface area contributed by atoms with Gasteiger partial charge in [0.15, 0.2) is 0 Å². The molecule has 1 fully saturated rings. The molecule has 1 aliphatic rings. The number of aromatic amines is 1. The fraction of sp³-hybridized carbons (Fsp3) is 0.636. The Balaban J connectivity index is 1.67. The van der Waals surface area contributed by atoms with Crippen molar-refractivity contribution >= 4 is 30.3 Å². The van der Waals surface area contributed by atoms with Crippen LogP contribution < -0.4 is 5.32 Å². The van der Waals surface area contributed by atoms with Crippen molar-refractivity contribution in [1.29, 1.82) is 0 Å². The van der Waals surface area contributed by atoms with Gasteiger partial charge in [0, 0.05) is 41.8 Å². The Kier molecular flexibility index (Phi) is 4.79. The normalized spacial score (nSPS) is 23.8. The Morgan fingerprint density at radius 2 is 2.59 bits per heavy atom. The first kappa shape index (κ1) is 12.8. The van der Waals surface area contributed by atoms with Gasteiger partial charge in [-0.1, -0.05) is 0 Å². The van der Waals surface area contributed by atoms with Crippen molar-refractivity contribution in [2.45, 2.75) is 18.1 Å². The van der Waals surface area contributed by atoms with Crippen LogP contribution in [0.5, 0.6) is 0 Å². The second-order valence-electron chi connectivity index (χ2n) is 4.17. The largest absolute Gasteiger partial charge is 0.355 e. The van der Waals surface area contributed by atoms with E-state index in [1.807, 2.05) is 18.0 Å². The molecule has 0 aliphatic carbocycles. The van der Waals surface area contributed by atoms with Gasteiger partial charge in [0.05, 0.1) is 12.0 Å². The van der Waals surface area contributed by atoms with E-state index in [0.717, 1.165) is 30.0 Å². The van der Waals surface area contributed by atoms with E-state index >= 15 is 0 Å². The molecule has 94 valence electrons. The summed E-state index contributed by atoms with van der Waals surface area (Å²) in [4.78, 5) is 18.9. The molecule has 1 aromatic rings. The molecular weight excluding hydrogens is 254 g/mol. The molecule has 0 saturated carbocycles. The summed E-state index contributed by atoms with van der Waals surface area (Å²) in [6.45, 7) is 0.663. The topological polar surface area (TPSA) is 57.8 Å². The van der Waals surface area contributed by atoms with E-state index in [-0.39, 0.29) is 11.8 Å². The summed E-state index contributed by atoms with van der Waals surface area (Å²) in [6, 6.07) is 0. The maximum absolute atomic E-state index is 11.9. The second kappa shape index (κ2) is 6.35. The summed E-state index contributed by atoms with van der Waals surface area (Å²) in [5, 5.41) is 3.52. The highest BCUT2D eigenvalue weighted by Crippen LogP contribution is 2.31. The highest BCUT2D eigenvalue weighted by atomic mass is 32.2. The molecule has 0 unspecified atom stereocenters. The van der Waals surface area contributed by atoms with Crippen LogP contribution in [0.3, 0.4) is 0 Å². The predicted molar refractivity (Wildman–Crippen MR) is 73.5 cm³/mol. The minimum absolute atomic E-state index is 0.163. The molecule has 0 spiro atoms. The monoisotopic (exact) mass is 271 g/mol. The molecule has 1 aromatic heterocycles. The zero-order valence-electron chi connectivity index (χ0n) is 9.56. The van der Waals surface area contributed by atoms with Crippen molar-refractivity contribution in [2.24, 2.45) is 5.92 Å². The SMILES string of the molecule is O=C(NCCc1c[nH]cn1)[C@@H]1CS[C@@H](CS)C1. The van der Waals surface area contributed by atoms with Gasteiger partial charge in [-0.15, -0.1) is 0 Å². The van der Waals surface area contributed by atoms with Crippen LogP contribution in [0.15, 0.2) is 12.5 Å². The Labute approximate surface area is 111 Å².